The van der Waals surface area contributed by atoms with Crippen LogP contribution in [0.1, 0.15) is 25.0 Å². The number of nitrogens with one attached hydrogen (secondary N) is 2. The molecule has 0 aliphatic heterocycles. The summed E-state index contributed by atoms with van der Waals surface area (Å²) < 4.78 is 10.5. The average molecular weight is 370 g/mol. The number of hydrogen-bond acceptors (Lipinski definition) is 4. The smallest absolute Gasteiger partial charge is 0.228 e. The minimum atomic E-state index is -0.149. The SMILES string of the molecule is COc1ccc(CC(=O)Nc2ccc(CC(=O)NC(C)C)cc2)c(OC)c1. The van der Waals surface area contributed by atoms with E-state index in [0.29, 0.717) is 23.6 Å². The van der Waals surface area contributed by atoms with E-state index in [1.165, 1.54) is 0 Å². The van der Waals surface area contributed by atoms with E-state index in [1.807, 2.05) is 32.0 Å². The molecule has 0 heterocycles. The molecule has 0 fully saturated rings. The third-order valence-electron chi connectivity index (χ3n) is 3.90. The molecule has 0 saturated carbocycles. The van der Waals surface area contributed by atoms with E-state index < -0.39 is 0 Å². The predicted octanol–water partition coefficient (Wildman–Crippen LogP) is 2.95. The number of benzene rings is 2. The molecule has 0 bridgehead atoms. The monoisotopic (exact) mass is 370 g/mol. The Balaban J connectivity index is 1.95. The lowest BCUT2D eigenvalue weighted by molar-refractivity contribution is -0.121. The van der Waals surface area contributed by atoms with Crippen molar-refractivity contribution in [1.82, 2.24) is 5.32 Å². The Morgan fingerprint density at radius 1 is 0.926 bits per heavy atom. The lowest BCUT2D eigenvalue weighted by Gasteiger charge is -2.11. The molecule has 0 unspecified atom stereocenters. The molecule has 2 amide bonds. The summed E-state index contributed by atoms with van der Waals surface area (Å²) in [5, 5.41) is 5.71. The quantitative estimate of drug-likeness (QED) is 0.749. The molecule has 2 aromatic carbocycles. The van der Waals surface area contributed by atoms with E-state index in [-0.39, 0.29) is 24.3 Å². The number of amides is 2. The maximum atomic E-state index is 12.3. The van der Waals surface area contributed by atoms with Crippen molar-refractivity contribution in [2.24, 2.45) is 0 Å². The highest BCUT2D eigenvalue weighted by molar-refractivity contribution is 5.92. The van der Waals surface area contributed by atoms with Gasteiger partial charge in [0.1, 0.15) is 11.5 Å². The van der Waals surface area contributed by atoms with E-state index in [2.05, 4.69) is 10.6 Å². The normalized spacial score (nSPS) is 10.4. The van der Waals surface area contributed by atoms with Crippen molar-refractivity contribution in [2.75, 3.05) is 19.5 Å². The van der Waals surface area contributed by atoms with Crippen LogP contribution in [0.5, 0.6) is 11.5 Å². The standard InChI is InChI=1S/C21H26N2O4/c1-14(2)22-20(24)11-15-5-8-17(9-6-15)23-21(25)12-16-7-10-18(26-3)13-19(16)27-4/h5-10,13-14H,11-12H2,1-4H3,(H,22,24)(H,23,25). The zero-order chi connectivity index (χ0) is 19.8. The van der Waals surface area contributed by atoms with Crippen LogP contribution in [0.15, 0.2) is 42.5 Å². The third kappa shape index (κ3) is 6.33. The van der Waals surface area contributed by atoms with E-state index in [4.69, 9.17) is 9.47 Å². The Labute approximate surface area is 159 Å². The summed E-state index contributed by atoms with van der Waals surface area (Å²) in [7, 11) is 3.14. The molecular weight excluding hydrogens is 344 g/mol. The Morgan fingerprint density at radius 3 is 2.22 bits per heavy atom. The maximum absolute atomic E-state index is 12.3. The fraction of sp³-hybridized carbons (Fsp3) is 0.333. The molecule has 0 aliphatic carbocycles. The predicted molar refractivity (Wildman–Crippen MR) is 105 cm³/mol. The van der Waals surface area contributed by atoms with Crippen LogP contribution in [-0.4, -0.2) is 32.1 Å². The number of hydrogen-bond donors (Lipinski definition) is 2. The van der Waals surface area contributed by atoms with Crippen molar-refractivity contribution in [3.8, 4) is 11.5 Å². The molecule has 27 heavy (non-hydrogen) atoms. The molecule has 0 atom stereocenters. The maximum Gasteiger partial charge on any atom is 0.228 e. The molecule has 0 spiro atoms. The van der Waals surface area contributed by atoms with E-state index in [1.54, 1.807) is 38.5 Å². The zero-order valence-corrected chi connectivity index (χ0v) is 16.2. The van der Waals surface area contributed by atoms with Crippen LogP contribution in [0.3, 0.4) is 0 Å². The molecule has 0 aliphatic rings. The fourth-order valence-electron chi connectivity index (χ4n) is 2.64. The minimum absolute atomic E-state index is 0.0200. The first kappa shape index (κ1) is 20.3. The summed E-state index contributed by atoms with van der Waals surface area (Å²) >= 11 is 0. The summed E-state index contributed by atoms with van der Waals surface area (Å²) in [6.45, 7) is 3.85. The van der Waals surface area contributed by atoms with Crippen molar-refractivity contribution in [3.05, 3.63) is 53.6 Å². The van der Waals surface area contributed by atoms with Crippen LogP contribution >= 0.6 is 0 Å². The summed E-state index contributed by atoms with van der Waals surface area (Å²) in [6.07, 6.45) is 0.501. The highest BCUT2D eigenvalue weighted by atomic mass is 16.5. The molecule has 6 nitrogen and oxygen atoms in total. The molecule has 6 heteroatoms. The molecule has 0 aromatic heterocycles. The van der Waals surface area contributed by atoms with Gasteiger partial charge in [-0.1, -0.05) is 18.2 Å². The van der Waals surface area contributed by atoms with Gasteiger partial charge in [-0.05, 0) is 37.6 Å². The summed E-state index contributed by atoms with van der Waals surface area (Å²) in [6, 6.07) is 12.7. The van der Waals surface area contributed by atoms with Crippen molar-refractivity contribution < 1.29 is 19.1 Å². The summed E-state index contributed by atoms with van der Waals surface area (Å²) in [5.41, 5.74) is 2.35. The number of anilines is 1. The van der Waals surface area contributed by atoms with Crippen LogP contribution < -0.4 is 20.1 Å². The Bertz CT molecular complexity index is 785. The second-order valence-corrected chi connectivity index (χ2v) is 6.50. The molecular formula is C21H26N2O4. The van der Waals surface area contributed by atoms with Crippen molar-refractivity contribution in [2.45, 2.75) is 32.7 Å². The first-order chi connectivity index (χ1) is 12.9. The molecule has 2 rings (SSSR count). The number of carbonyl (C=O) groups is 2. The van der Waals surface area contributed by atoms with Gasteiger partial charge in [0.15, 0.2) is 0 Å². The third-order valence-corrected chi connectivity index (χ3v) is 3.90. The van der Waals surface area contributed by atoms with Crippen molar-refractivity contribution in [1.29, 1.82) is 0 Å². The summed E-state index contributed by atoms with van der Waals surface area (Å²) in [4.78, 5) is 24.1. The molecule has 0 radical (unpaired) electrons. The van der Waals surface area contributed by atoms with Gasteiger partial charge in [-0.25, -0.2) is 0 Å². The topological polar surface area (TPSA) is 76.7 Å². The number of carbonyl (C=O) groups excluding carboxylic acids is 2. The largest absolute Gasteiger partial charge is 0.497 e. The lowest BCUT2D eigenvalue weighted by atomic mass is 10.1. The highest BCUT2D eigenvalue weighted by Crippen LogP contribution is 2.25. The van der Waals surface area contributed by atoms with Crippen LogP contribution in [0, 0.1) is 0 Å². The van der Waals surface area contributed by atoms with E-state index >= 15 is 0 Å². The van der Waals surface area contributed by atoms with Gasteiger partial charge in [0.2, 0.25) is 11.8 Å². The molecule has 144 valence electrons. The number of rotatable bonds is 8. The highest BCUT2D eigenvalue weighted by Gasteiger charge is 2.11. The van der Waals surface area contributed by atoms with E-state index in [0.717, 1.165) is 11.1 Å². The molecule has 0 saturated heterocycles. The minimum Gasteiger partial charge on any atom is -0.497 e. The van der Waals surface area contributed by atoms with Gasteiger partial charge >= 0.3 is 0 Å². The van der Waals surface area contributed by atoms with Crippen LogP contribution in [0.4, 0.5) is 5.69 Å². The second kappa shape index (κ2) is 9.62. The van der Waals surface area contributed by atoms with Gasteiger partial charge in [-0.2, -0.15) is 0 Å². The van der Waals surface area contributed by atoms with Gasteiger partial charge in [-0.15, -0.1) is 0 Å². The van der Waals surface area contributed by atoms with Gasteiger partial charge in [0, 0.05) is 23.4 Å². The van der Waals surface area contributed by atoms with Crippen LogP contribution in [-0.2, 0) is 22.4 Å². The van der Waals surface area contributed by atoms with Crippen molar-refractivity contribution in [3.63, 3.8) is 0 Å². The van der Waals surface area contributed by atoms with Gasteiger partial charge in [0.25, 0.3) is 0 Å². The first-order valence-electron chi connectivity index (χ1n) is 8.80. The first-order valence-corrected chi connectivity index (χ1v) is 8.80. The van der Waals surface area contributed by atoms with Crippen molar-refractivity contribution >= 4 is 17.5 Å². The molecule has 2 N–H and O–H groups in total. The van der Waals surface area contributed by atoms with Crippen LogP contribution in [0.2, 0.25) is 0 Å². The lowest BCUT2D eigenvalue weighted by Crippen LogP contribution is -2.31. The Kier molecular flexibility index (Phi) is 7.23. The number of ether oxygens (including phenoxy) is 2. The van der Waals surface area contributed by atoms with Crippen LogP contribution in [0.25, 0.3) is 0 Å². The second-order valence-electron chi connectivity index (χ2n) is 6.50. The van der Waals surface area contributed by atoms with E-state index in [9.17, 15) is 9.59 Å². The summed E-state index contributed by atoms with van der Waals surface area (Å²) in [5.74, 6) is 1.11. The Morgan fingerprint density at radius 2 is 1.63 bits per heavy atom. The van der Waals surface area contributed by atoms with Gasteiger partial charge < -0.3 is 20.1 Å². The fourth-order valence-corrected chi connectivity index (χ4v) is 2.64. The zero-order valence-electron chi connectivity index (χ0n) is 16.2. The molecule has 2 aromatic rings. The Hall–Kier alpha value is -3.02. The number of methoxy groups -OCH3 is 2. The average Bonchev–Trinajstić information content (AvgIpc) is 2.63. The van der Waals surface area contributed by atoms with Gasteiger partial charge in [0.05, 0.1) is 27.1 Å². The van der Waals surface area contributed by atoms with Gasteiger partial charge in [-0.3, -0.25) is 9.59 Å².